The van der Waals surface area contributed by atoms with E-state index in [-0.39, 0.29) is 21.5 Å². The van der Waals surface area contributed by atoms with Gasteiger partial charge in [-0.1, -0.05) is 41.9 Å². The number of methoxy groups -OCH3 is 2. The molecule has 2 aromatic heterocycles. The molecule has 10 nitrogen and oxygen atoms in total. The number of amides is 1. The van der Waals surface area contributed by atoms with Crippen molar-refractivity contribution in [1.29, 1.82) is 0 Å². The van der Waals surface area contributed by atoms with Crippen LogP contribution in [0.2, 0.25) is 10.0 Å². The first-order valence-corrected chi connectivity index (χ1v) is 15.2. The number of ether oxygens (including phenoxy) is 3. The number of nitrogens with zero attached hydrogens (tertiary/aromatic N) is 3. The van der Waals surface area contributed by atoms with E-state index in [1.807, 2.05) is 25.1 Å². The zero-order valence-electron chi connectivity index (χ0n) is 25.4. The molecule has 1 aliphatic heterocycles. The van der Waals surface area contributed by atoms with Crippen LogP contribution in [0, 0.1) is 6.92 Å². The van der Waals surface area contributed by atoms with Crippen molar-refractivity contribution in [3.8, 4) is 22.6 Å². The Morgan fingerprint density at radius 1 is 1.09 bits per heavy atom. The highest BCUT2D eigenvalue weighted by atomic mass is 35.5. The fourth-order valence-corrected chi connectivity index (χ4v) is 6.10. The summed E-state index contributed by atoms with van der Waals surface area (Å²) < 4.78 is 18.2. The van der Waals surface area contributed by atoms with E-state index in [1.165, 1.54) is 20.3 Å². The maximum Gasteiger partial charge on any atom is 0.259 e. The van der Waals surface area contributed by atoms with Gasteiger partial charge in [0.1, 0.15) is 17.3 Å². The van der Waals surface area contributed by atoms with Gasteiger partial charge in [-0.25, -0.2) is 4.98 Å². The lowest BCUT2D eigenvalue weighted by Gasteiger charge is -2.26. The van der Waals surface area contributed by atoms with Crippen LogP contribution in [0.5, 0.6) is 11.5 Å². The van der Waals surface area contributed by atoms with Gasteiger partial charge in [0, 0.05) is 55.5 Å². The van der Waals surface area contributed by atoms with Crippen molar-refractivity contribution in [2.75, 3.05) is 57.7 Å². The molecule has 5 rings (SSSR count). The first kappa shape index (κ1) is 32.3. The average Bonchev–Trinajstić information content (AvgIpc) is 3.04. The summed E-state index contributed by atoms with van der Waals surface area (Å²) in [4.78, 5) is 33.4. The number of para-hydroxylation sites is 1. The number of aryl methyl sites for hydroxylation is 2. The van der Waals surface area contributed by atoms with Gasteiger partial charge in [0.15, 0.2) is 0 Å². The van der Waals surface area contributed by atoms with Gasteiger partial charge >= 0.3 is 0 Å². The number of fused-ring (bicyclic) bond motifs is 1. The lowest BCUT2D eigenvalue weighted by Crippen LogP contribution is -2.37. The van der Waals surface area contributed by atoms with Crippen LogP contribution < -0.4 is 25.7 Å². The van der Waals surface area contributed by atoms with Crippen LogP contribution in [0.4, 0.5) is 17.2 Å². The fourth-order valence-electron chi connectivity index (χ4n) is 5.39. The van der Waals surface area contributed by atoms with Gasteiger partial charge in [0.05, 0.1) is 59.9 Å². The lowest BCUT2D eigenvalue weighted by atomic mass is 10.0. The maximum absolute atomic E-state index is 14.3. The zero-order valence-corrected chi connectivity index (χ0v) is 26.9. The van der Waals surface area contributed by atoms with Gasteiger partial charge in [-0.15, -0.1) is 0 Å². The molecule has 0 spiro atoms. The number of halogens is 2. The van der Waals surface area contributed by atoms with Gasteiger partial charge in [-0.2, -0.15) is 0 Å². The zero-order chi connectivity index (χ0) is 32.1. The molecule has 4 aromatic rings. The number of carbonyl (C=O) groups is 1. The SMILES string of the molecule is C=CC(=O)Nc1cccc(C)c1Nc1cc2c(cn1)cc(-c1c(Cl)c(OC)cc(OC)c1Cl)c(=O)n2CCCN1CCOCC1. The molecule has 1 amide bonds. The number of aromatic nitrogens is 2. The monoisotopic (exact) mass is 651 g/mol. The number of anilines is 3. The second-order valence-electron chi connectivity index (χ2n) is 10.6. The van der Waals surface area contributed by atoms with E-state index in [2.05, 4.69) is 27.1 Å². The van der Waals surface area contributed by atoms with Gasteiger partial charge in [0.2, 0.25) is 5.91 Å². The summed E-state index contributed by atoms with van der Waals surface area (Å²) in [6.07, 6.45) is 3.63. The van der Waals surface area contributed by atoms with Crippen LogP contribution in [0.3, 0.4) is 0 Å². The average molecular weight is 653 g/mol. The molecular formula is C33H35Cl2N5O5. The van der Waals surface area contributed by atoms with Crippen molar-refractivity contribution in [2.24, 2.45) is 0 Å². The summed E-state index contributed by atoms with van der Waals surface area (Å²) in [5, 5.41) is 7.29. The van der Waals surface area contributed by atoms with E-state index in [4.69, 9.17) is 37.4 Å². The van der Waals surface area contributed by atoms with Crippen LogP contribution in [-0.4, -0.2) is 67.4 Å². The molecule has 1 aliphatic rings. The number of rotatable bonds is 11. The predicted molar refractivity (Wildman–Crippen MR) is 180 cm³/mol. The largest absolute Gasteiger partial charge is 0.495 e. The first-order chi connectivity index (χ1) is 21.7. The molecular weight excluding hydrogens is 617 g/mol. The second-order valence-corrected chi connectivity index (χ2v) is 11.3. The molecule has 0 atom stereocenters. The number of pyridine rings is 2. The highest BCUT2D eigenvalue weighted by Crippen LogP contribution is 2.45. The summed E-state index contributed by atoms with van der Waals surface area (Å²) >= 11 is 13.5. The molecule has 236 valence electrons. The molecule has 0 radical (unpaired) electrons. The molecule has 0 saturated carbocycles. The third-order valence-corrected chi connectivity index (χ3v) is 8.50. The number of benzene rings is 2. The Balaban J connectivity index is 1.62. The highest BCUT2D eigenvalue weighted by molar-refractivity contribution is 6.41. The Hall–Kier alpha value is -4.09. The van der Waals surface area contributed by atoms with Crippen molar-refractivity contribution in [3.05, 3.63) is 81.2 Å². The van der Waals surface area contributed by atoms with E-state index in [9.17, 15) is 9.59 Å². The number of morpholine rings is 1. The third-order valence-electron chi connectivity index (χ3n) is 7.75. The molecule has 0 aliphatic carbocycles. The standard InChI is InChI=1S/C33H35Cl2N5O5/c1-5-28(41)37-23-9-6-8-20(2)32(23)38-27-17-24-21(19-36-27)16-22(29-30(34)25(43-3)18-26(44-4)31(29)35)33(42)40(24)11-7-10-39-12-14-45-15-13-39/h5-6,8-9,16-19H,1,7,10-15H2,2-4H3,(H,36,38)(H,37,41). The minimum absolute atomic E-state index is 0.208. The van der Waals surface area contributed by atoms with Gasteiger partial charge < -0.3 is 29.4 Å². The van der Waals surface area contributed by atoms with Crippen LogP contribution in [0.15, 0.2) is 60.0 Å². The van der Waals surface area contributed by atoms with E-state index in [0.717, 1.165) is 31.6 Å². The van der Waals surface area contributed by atoms with Crippen molar-refractivity contribution >= 4 is 57.2 Å². The van der Waals surface area contributed by atoms with Crippen molar-refractivity contribution < 1.29 is 19.0 Å². The summed E-state index contributed by atoms with van der Waals surface area (Å²) in [6, 6.07) is 10.7. The lowest BCUT2D eigenvalue weighted by molar-refractivity contribution is -0.111. The predicted octanol–water partition coefficient (Wildman–Crippen LogP) is 6.29. The second kappa shape index (κ2) is 14.3. The van der Waals surface area contributed by atoms with Crippen LogP contribution in [0.1, 0.15) is 12.0 Å². The van der Waals surface area contributed by atoms with Gasteiger partial charge in [0.25, 0.3) is 5.56 Å². The van der Waals surface area contributed by atoms with Crippen molar-refractivity contribution in [2.45, 2.75) is 19.9 Å². The quantitative estimate of drug-likeness (QED) is 0.182. The third kappa shape index (κ3) is 6.94. The summed E-state index contributed by atoms with van der Waals surface area (Å²) in [7, 11) is 2.98. The fraction of sp³-hybridized carbons (Fsp3) is 0.303. The Morgan fingerprint density at radius 3 is 2.47 bits per heavy atom. The van der Waals surface area contributed by atoms with Crippen LogP contribution >= 0.6 is 23.2 Å². The maximum atomic E-state index is 14.3. The van der Waals surface area contributed by atoms with Crippen molar-refractivity contribution in [1.82, 2.24) is 14.5 Å². The molecule has 1 fully saturated rings. The topological polar surface area (TPSA) is 107 Å². The van der Waals surface area contributed by atoms with E-state index >= 15 is 0 Å². The molecule has 0 unspecified atom stereocenters. The highest BCUT2D eigenvalue weighted by Gasteiger charge is 2.23. The summed E-state index contributed by atoms with van der Waals surface area (Å²) in [5.74, 6) is 0.838. The Morgan fingerprint density at radius 2 is 1.80 bits per heavy atom. The first-order valence-electron chi connectivity index (χ1n) is 14.5. The van der Waals surface area contributed by atoms with Crippen molar-refractivity contribution in [3.63, 3.8) is 0 Å². The number of hydrogen-bond acceptors (Lipinski definition) is 8. The smallest absolute Gasteiger partial charge is 0.259 e. The minimum Gasteiger partial charge on any atom is -0.495 e. The van der Waals surface area contributed by atoms with E-state index in [1.54, 1.807) is 29.0 Å². The minimum atomic E-state index is -0.330. The Bertz CT molecular complexity index is 1780. The molecule has 2 aromatic carbocycles. The molecule has 1 saturated heterocycles. The Kier molecular flexibility index (Phi) is 10.3. The summed E-state index contributed by atoms with van der Waals surface area (Å²) in [5.41, 5.74) is 3.19. The molecule has 12 heteroatoms. The number of carbonyl (C=O) groups excluding carboxylic acids is 1. The number of hydrogen-bond donors (Lipinski definition) is 2. The normalized spacial score (nSPS) is 13.4. The van der Waals surface area contributed by atoms with Crippen LogP contribution in [-0.2, 0) is 16.1 Å². The van der Waals surface area contributed by atoms with Gasteiger partial charge in [-0.05, 0) is 37.1 Å². The Labute approximate surface area is 271 Å². The number of nitrogens with one attached hydrogen (secondary N) is 2. The molecule has 3 heterocycles. The molecule has 45 heavy (non-hydrogen) atoms. The van der Waals surface area contributed by atoms with Crippen LogP contribution in [0.25, 0.3) is 22.0 Å². The van der Waals surface area contributed by atoms with E-state index in [0.29, 0.717) is 70.5 Å². The molecule has 0 bridgehead atoms. The van der Waals surface area contributed by atoms with E-state index < -0.39 is 0 Å². The van der Waals surface area contributed by atoms with Gasteiger partial charge in [-0.3, -0.25) is 14.5 Å². The molecule has 2 N–H and O–H groups in total. The summed E-state index contributed by atoms with van der Waals surface area (Å²) in [6.45, 7) is 9.81.